The molecule has 0 fully saturated rings. The molecule has 4 rings (SSSR count). The highest BCUT2D eigenvalue weighted by Crippen LogP contribution is 2.47. The molecule has 0 saturated heterocycles. The van der Waals surface area contributed by atoms with Crippen molar-refractivity contribution in [3.05, 3.63) is 83.7 Å². The SMILES string of the molecule is COc1cccc(CNc2oc(Cc3cccc4ccccc34)nc2P(=O)(OC)OC)c1. The standard InChI is InChI=1S/C24H25N2O5P/c1-28-20-12-6-8-17(14-20)16-25-23-24(32(27,29-2)30-3)26-22(31-23)15-19-11-7-10-18-9-4-5-13-21(18)19/h4-14,25H,15-16H2,1-3H3. The van der Waals surface area contributed by atoms with Gasteiger partial charge < -0.3 is 23.5 Å². The molecule has 0 aliphatic rings. The second-order valence-corrected chi connectivity index (χ2v) is 9.29. The van der Waals surface area contributed by atoms with Crippen LogP contribution in [-0.2, 0) is 26.6 Å². The molecule has 0 radical (unpaired) electrons. The molecule has 0 unspecified atom stereocenters. The van der Waals surface area contributed by atoms with Crippen LogP contribution in [0.5, 0.6) is 5.75 Å². The van der Waals surface area contributed by atoms with E-state index in [1.807, 2.05) is 48.5 Å². The highest BCUT2D eigenvalue weighted by molar-refractivity contribution is 7.62. The number of ether oxygens (including phenoxy) is 1. The van der Waals surface area contributed by atoms with Crippen LogP contribution >= 0.6 is 7.60 Å². The topological polar surface area (TPSA) is 82.8 Å². The van der Waals surface area contributed by atoms with E-state index in [0.717, 1.165) is 27.6 Å². The molecule has 3 aromatic carbocycles. The Morgan fingerprint density at radius 1 is 0.969 bits per heavy atom. The summed E-state index contributed by atoms with van der Waals surface area (Å²) < 4.78 is 34.8. The Hall–Kier alpha value is -3.12. The lowest BCUT2D eigenvalue weighted by atomic mass is 10.0. The number of rotatable bonds is 9. The van der Waals surface area contributed by atoms with E-state index in [2.05, 4.69) is 28.5 Å². The summed E-state index contributed by atoms with van der Waals surface area (Å²) in [5, 5.41) is 5.43. The Kier molecular flexibility index (Phi) is 6.61. The maximum atomic E-state index is 13.1. The van der Waals surface area contributed by atoms with Gasteiger partial charge in [0.1, 0.15) is 5.75 Å². The van der Waals surface area contributed by atoms with Crippen LogP contribution in [0.15, 0.2) is 71.1 Å². The van der Waals surface area contributed by atoms with E-state index in [0.29, 0.717) is 18.9 Å². The van der Waals surface area contributed by atoms with Crippen molar-refractivity contribution in [2.45, 2.75) is 13.0 Å². The summed E-state index contributed by atoms with van der Waals surface area (Å²) in [6.07, 6.45) is 0.433. The monoisotopic (exact) mass is 452 g/mol. The van der Waals surface area contributed by atoms with Crippen molar-refractivity contribution < 1.29 is 22.8 Å². The third kappa shape index (κ3) is 4.55. The van der Waals surface area contributed by atoms with E-state index in [-0.39, 0.29) is 11.3 Å². The van der Waals surface area contributed by atoms with E-state index < -0.39 is 7.60 Å². The van der Waals surface area contributed by atoms with E-state index in [1.54, 1.807) is 7.11 Å². The number of nitrogens with one attached hydrogen (secondary N) is 1. The van der Waals surface area contributed by atoms with Crippen molar-refractivity contribution in [3.63, 3.8) is 0 Å². The maximum absolute atomic E-state index is 13.1. The molecule has 1 aromatic heterocycles. The fourth-order valence-electron chi connectivity index (χ4n) is 3.55. The molecular weight excluding hydrogens is 427 g/mol. The van der Waals surface area contributed by atoms with Crippen LogP contribution < -0.4 is 15.5 Å². The van der Waals surface area contributed by atoms with Crippen LogP contribution in [-0.4, -0.2) is 26.3 Å². The van der Waals surface area contributed by atoms with Crippen LogP contribution in [0.1, 0.15) is 17.0 Å². The predicted molar refractivity (Wildman–Crippen MR) is 125 cm³/mol. The van der Waals surface area contributed by atoms with Crippen molar-refractivity contribution in [2.75, 3.05) is 26.6 Å². The number of nitrogens with zero attached hydrogens (tertiary/aromatic N) is 1. The summed E-state index contributed by atoms with van der Waals surface area (Å²) in [4.78, 5) is 4.51. The molecule has 0 aliphatic carbocycles. The van der Waals surface area contributed by atoms with Crippen molar-refractivity contribution in [1.29, 1.82) is 0 Å². The van der Waals surface area contributed by atoms with Gasteiger partial charge in [-0.2, -0.15) is 0 Å². The van der Waals surface area contributed by atoms with Gasteiger partial charge >= 0.3 is 7.60 Å². The van der Waals surface area contributed by atoms with Crippen molar-refractivity contribution in [3.8, 4) is 5.75 Å². The van der Waals surface area contributed by atoms with Gasteiger partial charge in [0.05, 0.1) is 13.5 Å². The minimum Gasteiger partial charge on any atom is -0.497 e. The van der Waals surface area contributed by atoms with Gasteiger partial charge in [0.2, 0.25) is 17.2 Å². The van der Waals surface area contributed by atoms with E-state index in [4.69, 9.17) is 18.2 Å². The molecule has 1 N–H and O–H groups in total. The Morgan fingerprint density at radius 2 is 1.72 bits per heavy atom. The summed E-state index contributed by atoms with van der Waals surface area (Å²) >= 11 is 0. The lowest BCUT2D eigenvalue weighted by Crippen LogP contribution is -2.15. The quantitative estimate of drug-likeness (QED) is 0.352. The highest BCUT2D eigenvalue weighted by Gasteiger charge is 2.34. The zero-order valence-electron chi connectivity index (χ0n) is 18.2. The first-order valence-electron chi connectivity index (χ1n) is 10.1. The van der Waals surface area contributed by atoms with Gasteiger partial charge in [-0.3, -0.25) is 4.57 Å². The normalized spacial score (nSPS) is 11.6. The Bertz CT molecular complexity index is 1260. The molecular formula is C24H25N2O5P. The molecule has 0 bridgehead atoms. The van der Waals surface area contributed by atoms with Crippen LogP contribution in [0.25, 0.3) is 10.8 Å². The summed E-state index contributed by atoms with van der Waals surface area (Å²) in [5.41, 5.74) is 2.15. The number of fused-ring (bicyclic) bond motifs is 1. The van der Waals surface area contributed by atoms with Crippen molar-refractivity contribution in [2.24, 2.45) is 0 Å². The number of hydrogen-bond acceptors (Lipinski definition) is 7. The van der Waals surface area contributed by atoms with Gasteiger partial charge in [-0.25, -0.2) is 4.98 Å². The van der Waals surface area contributed by atoms with Gasteiger partial charge in [-0.05, 0) is 34.0 Å². The molecule has 0 spiro atoms. The summed E-state index contributed by atoms with van der Waals surface area (Å²) in [5.74, 6) is 1.42. The molecule has 4 aromatic rings. The second-order valence-electron chi connectivity index (χ2n) is 7.14. The summed E-state index contributed by atoms with van der Waals surface area (Å²) in [6, 6.07) is 21.8. The summed E-state index contributed by atoms with van der Waals surface area (Å²) in [7, 11) is 0.644. The zero-order valence-corrected chi connectivity index (χ0v) is 19.1. The second kappa shape index (κ2) is 9.57. The first-order valence-corrected chi connectivity index (χ1v) is 11.7. The average molecular weight is 452 g/mol. The average Bonchev–Trinajstić information content (AvgIpc) is 3.26. The number of oxazole rings is 1. The number of benzene rings is 3. The molecule has 32 heavy (non-hydrogen) atoms. The molecule has 0 amide bonds. The van der Waals surface area contributed by atoms with Gasteiger partial charge in [0, 0.05) is 20.8 Å². The van der Waals surface area contributed by atoms with Gasteiger partial charge in [0.15, 0.2) is 0 Å². The number of anilines is 1. The lowest BCUT2D eigenvalue weighted by Gasteiger charge is -2.12. The molecule has 1 heterocycles. The molecule has 0 saturated carbocycles. The van der Waals surface area contributed by atoms with E-state index in [1.165, 1.54) is 14.2 Å². The lowest BCUT2D eigenvalue weighted by molar-refractivity contribution is 0.286. The van der Waals surface area contributed by atoms with Crippen LogP contribution in [0.2, 0.25) is 0 Å². The Labute approximate surface area is 186 Å². The minimum absolute atomic E-state index is 0.126. The fraction of sp³-hybridized carbons (Fsp3) is 0.208. The van der Waals surface area contributed by atoms with Gasteiger partial charge in [-0.15, -0.1) is 0 Å². The third-order valence-electron chi connectivity index (χ3n) is 5.20. The maximum Gasteiger partial charge on any atom is 0.384 e. The molecule has 0 aliphatic heterocycles. The molecule has 7 nitrogen and oxygen atoms in total. The highest BCUT2D eigenvalue weighted by atomic mass is 31.2. The zero-order chi connectivity index (χ0) is 22.6. The van der Waals surface area contributed by atoms with Gasteiger partial charge in [-0.1, -0.05) is 54.6 Å². The Balaban J connectivity index is 1.66. The first kappa shape index (κ1) is 22.1. The first-order chi connectivity index (χ1) is 15.6. The number of aromatic nitrogens is 1. The largest absolute Gasteiger partial charge is 0.497 e. The molecule has 8 heteroatoms. The Morgan fingerprint density at radius 3 is 2.50 bits per heavy atom. The predicted octanol–water partition coefficient (Wildman–Crippen LogP) is 5.15. The van der Waals surface area contributed by atoms with Crippen molar-refractivity contribution in [1.82, 2.24) is 4.98 Å². The molecule has 166 valence electrons. The van der Waals surface area contributed by atoms with E-state index in [9.17, 15) is 4.57 Å². The van der Waals surface area contributed by atoms with Crippen LogP contribution in [0.3, 0.4) is 0 Å². The fourth-order valence-corrected chi connectivity index (χ4v) is 4.66. The van der Waals surface area contributed by atoms with E-state index >= 15 is 0 Å². The minimum atomic E-state index is -3.63. The number of hydrogen-bond donors (Lipinski definition) is 1. The van der Waals surface area contributed by atoms with Gasteiger partial charge in [0.25, 0.3) is 0 Å². The van der Waals surface area contributed by atoms with Crippen LogP contribution in [0, 0.1) is 0 Å². The summed E-state index contributed by atoms with van der Waals surface area (Å²) in [6.45, 7) is 0.417. The number of methoxy groups -OCH3 is 1. The van der Waals surface area contributed by atoms with Crippen LogP contribution in [0.4, 0.5) is 5.88 Å². The van der Waals surface area contributed by atoms with Crippen molar-refractivity contribution >= 4 is 29.7 Å². The molecule has 0 atom stereocenters. The third-order valence-corrected chi connectivity index (χ3v) is 6.99. The smallest absolute Gasteiger partial charge is 0.384 e.